The minimum Gasteiger partial charge on any atom is -0.468 e. The maximum Gasteiger partial charge on any atom is 0.323 e. The van der Waals surface area contributed by atoms with Crippen LogP contribution in [-0.4, -0.2) is 37.1 Å². The first kappa shape index (κ1) is 16.4. The molecule has 0 saturated carbocycles. The van der Waals surface area contributed by atoms with Gasteiger partial charge in [0.2, 0.25) is 0 Å². The predicted molar refractivity (Wildman–Crippen MR) is 72.0 cm³/mol. The van der Waals surface area contributed by atoms with Gasteiger partial charge in [-0.1, -0.05) is 47.0 Å². The van der Waals surface area contributed by atoms with Gasteiger partial charge in [-0.05, 0) is 18.9 Å². The average molecular weight is 243 g/mol. The zero-order valence-electron chi connectivity index (χ0n) is 12.2. The molecule has 0 heterocycles. The molecule has 0 bridgehead atoms. The van der Waals surface area contributed by atoms with Gasteiger partial charge >= 0.3 is 5.97 Å². The van der Waals surface area contributed by atoms with Gasteiger partial charge < -0.3 is 4.74 Å². The summed E-state index contributed by atoms with van der Waals surface area (Å²) in [6.07, 6.45) is 4.26. The lowest BCUT2D eigenvalue weighted by Crippen LogP contribution is -2.43. The van der Waals surface area contributed by atoms with Crippen molar-refractivity contribution in [3.05, 3.63) is 0 Å². The number of rotatable bonds is 9. The van der Waals surface area contributed by atoms with E-state index < -0.39 is 0 Å². The molecule has 102 valence electrons. The third-order valence-corrected chi connectivity index (χ3v) is 3.39. The van der Waals surface area contributed by atoms with E-state index in [4.69, 9.17) is 4.74 Å². The molecule has 0 aliphatic rings. The van der Waals surface area contributed by atoms with E-state index in [9.17, 15) is 4.79 Å². The number of unbranched alkanes of at least 4 members (excludes halogenated alkanes) is 1. The third kappa shape index (κ3) is 6.06. The topological polar surface area (TPSA) is 29.5 Å². The Kier molecular flexibility index (Phi) is 9.14. The van der Waals surface area contributed by atoms with Gasteiger partial charge in [0.15, 0.2) is 0 Å². The van der Waals surface area contributed by atoms with Gasteiger partial charge in [0, 0.05) is 6.54 Å². The number of carbonyl (C=O) groups is 1. The highest BCUT2D eigenvalue weighted by Gasteiger charge is 2.25. The van der Waals surface area contributed by atoms with Gasteiger partial charge in [0.1, 0.15) is 6.04 Å². The van der Waals surface area contributed by atoms with E-state index >= 15 is 0 Å². The SMILES string of the molecule is CCCCC(C(=O)OC)N(CC)CC(C)CC. The lowest BCUT2D eigenvalue weighted by molar-refractivity contribution is -0.147. The lowest BCUT2D eigenvalue weighted by Gasteiger charge is -2.30. The van der Waals surface area contributed by atoms with Crippen LogP contribution in [0.5, 0.6) is 0 Å². The minimum atomic E-state index is -0.0800. The first-order valence-corrected chi connectivity index (χ1v) is 6.92. The van der Waals surface area contributed by atoms with Gasteiger partial charge in [0.05, 0.1) is 7.11 Å². The van der Waals surface area contributed by atoms with Crippen molar-refractivity contribution in [1.82, 2.24) is 4.90 Å². The molecule has 2 atom stereocenters. The van der Waals surface area contributed by atoms with Crippen LogP contribution in [0.2, 0.25) is 0 Å². The molecule has 3 heteroatoms. The Labute approximate surface area is 107 Å². The largest absolute Gasteiger partial charge is 0.468 e. The van der Waals surface area contributed by atoms with Gasteiger partial charge in [-0.3, -0.25) is 9.69 Å². The Hall–Kier alpha value is -0.570. The number of ether oxygens (including phenoxy) is 1. The second-order valence-corrected chi connectivity index (χ2v) is 4.78. The van der Waals surface area contributed by atoms with Gasteiger partial charge in [-0.15, -0.1) is 0 Å². The quantitative estimate of drug-likeness (QED) is 0.583. The van der Waals surface area contributed by atoms with Crippen LogP contribution >= 0.6 is 0 Å². The molecular formula is C14H29NO2. The number of methoxy groups -OCH3 is 1. The van der Waals surface area contributed by atoms with Crippen LogP contribution in [0.15, 0.2) is 0 Å². The number of likely N-dealkylation sites (N-methyl/N-ethyl adjacent to an activating group) is 1. The maximum atomic E-state index is 11.8. The fourth-order valence-electron chi connectivity index (χ4n) is 1.99. The molecule has 2 unspecified atom stereocenters. The number of hydrogen-bond donors (Lipinski definition) is 0. The first-order chi connectivity index (χ1) is 8.10. The van der Waals surface area contributed by atoms with Crippen molar-refractivity contribution in [2.24, 2.45) is 5.92 Å². The van der Waals surface area contributed by atoms with Crippen LogP contribution in [0.1, 0.15) is 53.4 Å². The Bertz CT molecular complexity index is 206. The number of hydrogen-bond acceptors (Lipinski definition) is 3. The Morgan fingerprint density at radius 2 is 1.94 bits per heavy atom. The molecule has 3 nitrogen and oxygen atoms in total. The summed E-state index contributed by atoms with van der Waals surface area (Å²) in [4.78, 5) is 14.1. The van der Waals surface area contributed by atoms with Crippen LogP contribution in [0.3, 0.4) is 0 Å². The standard InChI is InChI=1S/C14H29NO2/c1-6-9-10-13(14(16)17-5)15(8-3)11-12(4)7-2/h12-13H,6-11H2,1-5H3. The van der Waals surface area contributed by atoms with E-state index in [0.717, 1.165) is 38.8 Å². The van der Waals surface area contributed by atoms with Crippen LogP contribution in [0.4, 0.5) is 0 Å². The first-order valence-electron chi connectivity index (χ1n) is 6.92. The van der Waals surface area contributed by atoms with Crippen molar-refractivity contribution in [2.45, 2.75) is 59.4 Å². The smallest absolute Gasteiger partial charge is 0.323 e. The summed E-state index contributed by atoms with van der Waals surface area (Å²) >= 11 is 0. The van der Waals surface area contributed by atoms with Crippen LogP contribution in [0, 0.1) is 5.92 Å². The molecule has 0 spiro atoms. The highest BCUT2D eigenvalue weighted by Crippen LogP contribution is 2.14. The maximum absolute atomic E-state index is 11.8. The Balaban J connectivity index is 4.53. The summed E-state index contributed by atoms with van der Waals surface area (Å²) < 4.78 is 4.93. The van der Waals surface area contributed by atoms with Crippen molar-refractivity contribution in [3.63, 3.8) is 0 Å². The van der Waals surface area contributed by atoms with Crippen molar-refractivity contribution < 1.29 is 9.53 Å². The van der Waals surface area contributed by atoms with E-state index in [1.165, 1.54) is 7.11 Å². The number of esters is 1. The van der Waals surface area contributed by atoms with E-state index in [-0.39, 0.29) is 12.0 Å². The fraction of sp³-hybridized carbons (Fsp3) is 0.929. The van der Waals surface area contributed by atoms with Gasteiger partial charge in [-0.25, -0.2) is 0 Å². The molecule has 0 fully saturated rings. The van der Waals surface area contributed by atoms with Gasteiger partial charge in [0.25, 0.3) is 0 Å². The average Bonchev–Trinajstić information content (AvgIpc) is 2.36. The summed E-state index contributed by atoms with van der Waals surface area (Å²) in [5.74, 6) is 0.548. The molecular weight excluding hydrogens is 214 g/mol. The fourth-order valence-corrected chi connectivity index (χ4v) is 1.99. The van der Waals surface area contributed by atoms with E-state index in [1.807, 2.05) is 0 Å². The zero-order valence-corrected chi connectivity index (χ0v) is 12.2. The van der Waals surface area contributed by atoms with Crippen molar-refractivity contribution >= 4 is 5.97 Å². The van der Waals surface area contributed by atoms with Crippen LogP contribution in [-0.2, 0) is 9.53 Å². The molecule has 0 saturated heterocycles. The summed E-state index contributed by atoms with van der Waals surface area (Å²) in [6.45, 7) is 10.6. The highest BCUT2D eigenvalue weighted by molar-refractivity contribution is 5.75. The summed E-state index contributed by atoms with van der Waals surface area (Å²) in [5, 5.41) is 0. The van der Waals surface area contributed by atoms with E-state index in [0.29, 0.717) is 5.92 Å². The molecule has 0 N–H and O–H groups in total. The lowest BCUT2D eigenvalue weighted by atomic mass is 10.0. The molecule has 0 rings (SSSR count). The van der Waals surface area contributed by atoms with Crippen molar-refractivity contribution in [2.75, 3.05) is 20.2 Å². The normalized spacial score (nSPS) is 14.7. The molecule has 17 heavy (non-hydrogen) atoms. The van der Waals surface area contributed by atoms with Crippen molar-refractivity contribution in [3.8, 4) is 0 Å². The van der Waals surface area contributed by atoms with E-state index in [2.05, 4.69) is 32.6 Å². The molecule has 0 aromatic rings. The molecule has 0 radical (unpaired) electrons. The second kappa shape index (κ2) is 9.46. The Morgan fingerprint density at radius 1 is 1.29 bits per heavy atom. The van der Waals surface area contributed by atoms with Crippen LogP contribution < -0.4 is 0 Å². The molecule has 0 amide bonds. The number of nitrogens with zero attached hydrogens (tertiary/aromatic N) is 1. The summed E-state index contributed by atoms with van der Waals surface area (Å²) in [6, 6.07) is -0.0565. The molecule has 0 aromatic heterocycles. The zero-order chi connectivity index (χ0) is 13.3. The highest BCUT2D eigenvalue weighted by atomic mass is 16.5. The van der Waals surface area contributed by atoms with E-state index in [1.54, 1.807) is 0 Å². The predicted octanol–water partition coefficient (Wildman–Crippen LogP) is 3.09. The van der Waals surface area contributed by atoms with Gasteiger partial charge in [-0.2, -0.15) is 0 Å². The molecule has 0 aliphatic carbocycles. The minimum absolute atomic E-state index is 0.0565. The third-order valence-electron chi connectivity index (χ3n) is 3.39. The summed E-state index contributed by atoms with van der Waals surface area (Å²) in [5.41, 5.74) is 0. The van der Waals surface area contributed by atoms with Crippen molar-refractivity contribution in [1.29, 1.82) is 0 Å². The summed E-state index contributed by atoms with van der Waals surface area (Å²) in [7, 11) is 1.48. The van der Waals surface area contributed by atoms with Crippen LogP contribution in [0.25, 0.3) is 0 Å². The monoisotopic (exact) mass is 243 g/mol. The second-order valence-electron chi connectivity index (χ2n) is 4.78. The molecule has 0 aromatic carbocycles. The number of carbonyl (C=O) groups excluding carboxylic acids is 1. The molecule has 0 aliphatic heterocycles. The Morgan fingerprint density at radius 3 is 2.35 bits per heavy atom.